The maximum atomic E-state index is 13.4. The van der Waals surface area contributed by atoms with Gasteiger partial charge in [0.25, 0.3) is 5.91 Å². The van der Waals surface area contributed by atoms with Crippen LogP contribution in [0.25, 0.3) is 10.9 Å². The van der Waals surface area contributed by atoms with E-state index in [1.165, 1.54) is 0 Å². The van der Waals surface area contributed by atoms with E-state index in [4.69, 9.17) is 21.1 Å². The fourth-order valence-electron chi connectivity index (χ4n) is 4.62. The molecule has 3 aromatic rings. The van der Waals surface area contributed by atoms with Gasteiger partial charge in [0.05, 0.1) is 42.7 Å². The molecule has 6 nitrogen and oxygen atoms in total. The van der Waals surface area contributed by atoms with E-state index in [-0.39, 0.29) is 11.8 Å². The van der Waals surface area contributed by atoms with Crippen LogP contribution in [0.2, 0.25) is 5.02 Å². The van der Waals surface area contributed by atoms with Gasteiger partial charge in [0, 0.05) is 49.2 Å². The van der Waals surface area contributed by atoms with Crippen LogP contribution in [-0.4, -0.2) is 68.4 Å². The van der Waals surface area contributed by atoms with Gasteiger partial charge in [-0.2, -0.15) is 0 Å². The van der Waals surface area contributed by atoms with Crippen LogP contribution in [0.15, 0.2) is 54.7 Å². The van der Waals surface area contributed by atoms with E-state index in [1.54, 1.807) is 0 Å². The van der Waals surface area contributed by atoms with Crippen molar-refractivity contribution in [2.24, 2.45) is 5.92 Å². The Balaban J connectivity index is 1.31. The molecule has 172 valence electrons. The van der Waals surface area contributed by atoms with Gasteiger partial charge in [0.1, 0.15) is 0 Å². The summed E-state index contributed by atoms with van der Waals surface area (Å²) in [6.07, 6.45) is 2.76. The van der Waals surface area contributed by atoms with Gasteiger partial charge >= 0.3 is 0 Å². The Bertz CT molecular complexity index is 1130. The Morgan fingerprint density at radius 3 is 2.73 bits per heavy atom. The van der Waals surface area contributed by atoms with E-state index in [0.29, 0.717) is 50.1 Å². The molecule has 0 N–H and O–H groups in total. The van der Waals surface area contributed by atoms with Crippen molar-refractivity contribution in [3.8, 4) is 0 Å². The second-order valence-corrected chi connectivity index (χ2v) is 9.11. The average molecular weight is 466 g/mol. The van der Waals surface area contributed by atoms with Crippen molar-refractivity contribution in [3.05, 3.63) is 70.9 Å². The first kappa shape index (κ1) is 22.1. The molecule has 2 fully saturated rings. The summed E-state index contributed by atoms with van der Waals surface area (Å²) in [5, 5.41) is 1.80. The van der Waals surface area contributed by atoms with Crippen molar-refractivity contribution >= 4 is 34.1 Å². The molecule has 0 radical (unpaired) electrons. The zero-order valence-electron chi connectivity index (χ0n) is 18.6. The summed E-state index contributed by atoms with van der Waals surface area (Å²) in [6, 6.07) is 15.9. The number of pyridine rings is 1. The lowest BCUT2D eigenvalue weighted by Crippen LogP contribution is -2.38. The van der Waals surface area contributed by atoms with Crippen molar-refractivity contribution in [2.75, 3.05) is 57.5 Å². The Hall–Kier alpha value is -2.67. The molecule has 2 aromatic carbocycles. The molecule has 1 aromatic heterocycles. The number of halogens is 1. The molecule has 2 saturated heterocycles. The summed E-state index contributed by atoms with van der Waals surface area (Å²) in [5.74, 6) is 0.235. The largest absolute Gasteiger partial charge is 0.379 e. The molecule has 3 heterocycles. The van der Waals surface area contributed by atoms with Crippen LogP contribution >= 0.6 is 11.6 Å². The molecule has 5 rings (SSSR count). The SMILES string of the molecule is O=C(c1ccc(Cl)c(N2CCOCC2)c1)N1CCOCC(Cc2cnc3ccccc3c2)C1. The molecule has 0 saturated carbocycles. The van der Waals surface area contributed by atoms with Crippen LogP contribution < -0.4 is 4.90 Å². The lowest BCUT2D eigenvalue weighted by Gasteiger charge is -2.30. The Morgan fingerprint density at radius 2 is 1.85 bits per heavy atom. The van der Waals surface area contributed by atoms with Crippen LogP contribution in [-0.2, 0) is 15.9 Å². The minimum absolute atomic E-state index is 0.0216. The molecule has 0 aliphatic carbocycles. The van der Waals surface area contributed by atoms with Crippen molar-refractivity contribution < 1.29 is 14.3 Å². The van der Waals surface area contributed by atoms with Gasteiger partial charge in [-0.05, 0) is 42.3 Å². The van der Waals surface area contributed by atoms with Crippen LogP contribution in [0, 0.1) is 5.92 Å². The number of para-hydroxylation sites is 1. The number of hydrogen-bond donors (Lipinski definition) is 0. The van der Waals surface area contributed by atoms with E-state index in [9.17, 15) is 4.79 Å². The van der Waals surface area contributed by atoms with Crippen LogP contribution in [0.4, 0.5) is 5.69 Å². The third-order valence-electron chi connectivity index (χ3n) is 6.34. The summed E-state index contributed by atoms with van der Waals surface area (Å²) < 4.78 is 11.3. The van der Waals surface area contributed by atoms with Gasteiger partial charge in [0.15, 0.2) is 0 Å². The molecule has 2 aliphatic heterocycles. The quantitative estimate of drug-likeness (QED) is 0.581. The predicted molar refractivity (Wildman–Crippen MR) is 130 cm³/mol. The first-order valence-electron chi connectivity index (χ1n) is 11.5. The third kappa shape index (κ3) is 5.13. The number of amides is 1. The molecule has 1 amide bonds. The average Bonchev–Trinajstić information content (AvgIpc) is 3.10. The molecule has 1 atom stereocenters. The second kappa shape index (κ2) is 10.1. The van der Waals surface area contributed by atoms with E-state index in [0.717, 1.165) is 41.7 Å². The lowest BCUT2D eigenvalue weighted by molar-refractivity contribution is 0.0737. The van der Waals surface area contributed by atoms with E-state index >= 15 is 0 Å². The summed E-state index contributed by atoms with van der Waals surface area (Å²) in [6.45, 7) is 5.31. The smallest absolute Gasteiger partial charge is 0.254 e. The highest BCUT2D eigenvalue weighted by atomic mass is 35.5. The number of ether oxygens (including phenoxy) is 2. The minimum atomic E-state index is 0.0216. The van der Waals surface area contributed by atoms with Crippen molar-refractivity contribution in [1.29, 1.82) is 0 Å². The highest BCUT2D eigenvalue weighted by Gasteiger charge is 2.25. The number of benzene rings is 2. The van der Waals surface area contributed by atoms with Crippen LogP contribution in [0.1, 0.15) is 15.9 Å². The Labute approximate surface area is 199 Å². The predicted octanol–water partition coefficient (Wildman–Crippen LogP) is 4.06. The molecular weight excluding hydrogens is 438 g/mol. The van der Waals surface area contributed by atoms with Gasteiger partial charge in [-0.25, -0.2) is 0 Å². The van der Waals surface area contributed by atoms with Crippen LogP contribution in [0.3, 0.4) is 0 Å². The number of carbonyl (C=O) groups is 1. The maximum Gasteiger partial charge on any atom is 0.254 e. The standard InChI is InChI=1S/C26H28ClN3O3/c27-23-6-5-22(15-25(23)29-7-10-32-11-8-29)26(31)30-9-12-33-18-20(17-30)13-19-14-21-3-1-2-4-24(21)28-16-19/h1-6,14-16,20H,7-13,17-18H2. The van der Waals surface area contributed by atoms with Gasteiger partial charge in [-0.15, -0.1) is 0 Å². The zero-order chi connectivity index (χ0) is 22.6. The van der Waals surface area contributed by atoms with Crippen molar-refractivity contribution in [3.63, 3.8) is 0 Å². The molecule has 1 unspecified atom stereocenters. The Morgan fingerprint density at radius 1 is 1.03 bits per heavy atom. The van der Waals surface area contributed by atoms with Crippen molar-refractivity contribution in [2.45, 2.75) is 6.42 Å². The summed E-state index contributed by atoms with van der Waals surface area (Å²) in [7, 11) is 0. The van der Waals surface area contributed by atoms with Gasteiger partial charge in [-0.3, -0.25) is 9.78 Å². The topological polar surface area (TPSA) is 54.9 Å². The first-order valence-corrected chi connectivity index (χ1v) is 11.9. The molecule has 7 heteroatoms. The second-order valence-electron chi connectivity index (χ2n) is 8.70. The van der Waals surface area contributed by atoms with E-state index < -0.39 is 0 Å². The lowest BCUT2D eigenvalue weighted by atomic mass is 9.99. The number of morpholine rings is 1. The monoisotopic (exact) mass is 465 g/mol. The highest BCUT2D eigenvalue weighted by Crippen LogP contribution is 2.29. The normalized spacial score (nSPS) is 19.5. The highest BCUT2D eigenvalue weighted by molar-refractivity contribution is 6.33. The number of carbonyl (C=O) groups excluding carboxylic acids is 1. The van der Waals surface area contributed by atoms with Gasteiger partial charge in [0.2, 0.25) is 0 Å². The molecule has 2 aliphatic rings. The maximum absolute atomic E-state index is 13.4. The summed E-state index contributed by atoms with van der Waals surface area (Å²) >= 11 is 6.47. The van der Waals surface area contributed by atoms with Gasteiger partial charge < -0.3 is 19.3 Å². The number of anilines is 1. The fourth-order valence-corrected chi connectivity index (χ4v) is 4.86. The third-order valence-corrected chi connectivity index (χ3v) is 6.66. The zero-order valence-corrected chi connectivity index (χ0v) is 19.3. The number of rotatable bonds is 4. The van der Waals surface area contributed by atoms with Gasteiger partial charge in [-0.1, -0.05) is 29.8 Å². The Kier molecular flexibility index (Phi) is 6.76. The molecule has 33 heavy (non-hydrogen) atoms. The number of hydrogen-bond acceptors (Lipinski definition) is 5. The first-order chi connectivity index (χ1) is 16.2. The summed E-state index contributed by atoms with van der Waals surface area (Å²) in [4.78, 5) is 22.1. The van der Waals surface area contributed by atoms with Crippen LogP contribution in [0.5, 0.6) is 0 Å². The fraction of sp³-hybridized carbons (Fsp3) is 0.385. The van der Waals surface area contributed by atoms with E-state index in [2.05, 4.69) is 22.0 Å². The number of nitrogens with zero attached hydrogens (tertiary/aromatic N) is 3. The molecule has 0 spiro atoms. The van der Waals surface area contributed by atoms with E-state index in [1.807, 2.05) is 47.5 Å². The summed E-state index contributed by atoms with van der Waals surface area (Å²) in [5.41, 5.74) is 3.72. The molecular formula is C26H28ClN3O3. The number of aromatic nitrogens is 1. The number of fused-ring (bicyclic) bond motifs is 1. The minimum Gasteiger partial charge on any atom is -0.379 e. The van der Waals surface area contributed by atoms with Crippen molar-refractivity contribution in [1.82, 2.24) is 9.88 Å². The molecule has 0 bridgehead atoms.